The molecule has 5 nitrogen and oxygen atoms in total. The minimum atomic E-state index is -1.65. The van der Waals surface area contributed by atoms with Gasteiger partial charge in [-0.3, -0.25) is 9.59 Å². The smallest absolute Gasteiger partial charge is 0.244 e. The normalized spacial score (nSPS) is 14.0. The van der Waals surface area contributed by atoms with E-state index in [1.54, 1.807) is 18.2 Å². The van der Waals surface area contributed by atoms with Crippen LogP contribution in [-0.4, -0.2) is 22.3 Å². The van der Waals surface area contributed by atoms with Gasteiger partial charge in [-0.25, -0.2) is 0 Å². The summed E-state index contributed by atoms with van der Waals surface area (Å²) in [5.74, 6) is -1.16. The molecule has 0 aliphatic rings. The molecule has 0 radical (unpaired) electrons. The Balaban J connectivity index is 2.67. The van der Waals surface area contributed by atoms with Gasteiger partial charge in [-0.15, -0.1) is 0 Å². The number of hydrogen-bond donors (Lipinski definition) is 3. The molecule has 5 N–H and O–H groups in total. The summed E-state index contributed by atoms with van der Waals surface area (Å²) < 4.78 is 0. The van der Waals surface area contributed by atoms with Crippen LogP contribution in [0.25, 0.3) is 0 Å². The number of para-hydroxylation sites is 1. The third kappa shape index (κ3) is 3.04. The number of ketones is 1. The fraction of sp³-hybridized carbons (Fsp3) is 0.333. The molecule has 1 aromatic carbocycles. The van der Waals surface area contributed by atoms with Gasteiger partial charge >= 0.3 is 0 Å². The molecule has 0 spiro atoms. The molecule has 0 heterocycles. The molecule has 17 heavy (non-hydrogen) atoms. The van der Waals surface area contributed by atoms with Gasteiger partial charge in [0.15, 0.2) is 11.3 Å². The molecule has 0 unspecified atom stereocenters. The highest BCUT2D eigenvalue weighted by Gasteiger charge is 2.33. The van der Waals surface area contributed by atoms with Gasteiger partial charge in [-0.1, -0.05) is 18.2 Å². The summed E-state index contributed by atoms with van der Waals surface area (Å²) in [5.41, 5.74) is 9.55. The number of rotatable bonds is 5. The molecule has 0 saturated carbocycles. The zero-order valence-corrected chi connectivity index (χ0v) is 9.64. The lowest BCUT2D eigenvalue weighted by Gasteiger charge is -2.18. The number of primary amides is 1. The summed E-state index contributed by atoms with van der Waals surface area (Å²) in [4.78, 5) is 22.7. The quantitative estimate of drug-likeness (QED) is 0.630. The first-order valence-electron chi connectivity index (χ1n) is 5.24. The zero-order valence-electron chi connectivity index (χ0n) is 9.64. The lowest BCUT2D eigenvalue weighted by Crippen LogP contribution is -2.55. The maximum atomic E-state index is 11.7. The molecular weight excluding hydrogens is 220 g/mol. The second-order valence-corrected chi connectivity index (χ2v) is 4.12. The summed E-state index contributed by atoms with van der Waals surface area (Å²) >= 11 is 0. The van der Waals surface area contributed by atoms with Gasteiger partial charge in [0, 0.05) is 6.42 Å². The highest BCUT2D eigenvalue weighted by molar-refractivity contribution is 6.09. The van der Waals surface area contributed by atoms with E-state index in [9.17, 15) is 14.7 Å². The van der Waals surface area contributed by atoms with E-state index in [1.807, 2.05) is 0 Å². The van der Waals surface area contributed by atoms with Crippen LogP contribution in [0.15, 0.2) is 24.3 Å². The van der Waals surface area contributed by atoms with Gasteiger partial charge < -0.3 is 16.6 Å². The van der Waals surface area contributed by atoms with Gasteiger partial charge in [0.1, 0.15) is 5.75 Å². The van der Waals surface area contributed by atoms with Crippen molar-refractivity contribution in [2.24, 2.45) is 11.5 Å². The third-order valence-corrected chi connectivity index (χ3v) is 2.70. The number of aromatic hydroxyl groups is 1. The van der Waals surface area contributed by atoms with Crippen molar-refractivity contribution in [3.8, 4) is 5.75 Å². The number of aryl methyl sites for hydroxylation is 1. The first-order chi connectivity index (χ1) is 7.85. The second kappa shape index (κ2) is 4.97. The number of nitrogens with two attached hydrogens (primary N) is 2. The lowest BCUT2D eigenvalue weighted by atomic mass is 9.92. The molecule has 0 aliphatic heterocycles. The molecule has 5 heteroatoms. The second-order valence-electron chi connectivity index (χ2n) is 4.12. The molecule has 0 fully saturated rings. The summed E-state index contributed by atoms with van der Waals surface area (Å²) in [7, 11) is 0. The van der Waals surface area contributed by atoms with Crippen LogP contribution in [0.2, 0.25) is 0 Å². The minimum absolute atomic E-state index is 0.0630. The number of carbonyl (C=O) groups excluding carboxylic acids is 2. The fourth-order valence-corrected chi connectivity index (χ4v) is 1.37. The van der Waals surface area contributed by atoms with Crippen LogP contribution >= 0.6 is 0 Å². The molecule has 0 bridgehead atoms. The number of benzene rings is 1. The van der Waals surface area contributed by atoms with Crippen LogP contribution in [0.3, 0.4) is 0 Å². The summed E-state index contributed by atoms with van der Waals surface area (Å²) in [6.45, 7) is 1.29. The molecule has 92 valence electrons. The molecule has 1 aromatic rings. The topological polar surface area (TPSA) is 106 Å². The van der Waals surface area contributed by atoms with Crippen molar-refractivity contribution >= 4 is 11.7 Å². The summed E-state index contributed by atoms with van der Waals surface area (Å²) in [6.07, 6.45) is 0.388. The minimum Gasteiger partial charge on any atom is -0.508 e. The maximum absolute atomic E-state index is 11.7. The van der Waals surface area contributed by atoms with Crippen LogP contribution in [0.1, 0.15) is 18.9 Å². The Bertz CT molecular complexity index is 441. The first kappa shape index (κ1) is 13.2. The molecule has 0 saturated heterocycles. The predicted molar refractivity (Wildman–Crippen MR) is 63.2 cm³/mol. The van der Waals surface area contributed by atoms with Crippen molar-refractivity contribution in [3.05, 3.63) is 29.8 Å². The molecule has 1 amide bonds. The maximum Gasteiger partial charge on any atom is 0.244 e. The van der Waals surface area contributed by atoms with E-state index in [1.165, 1.54) is 13.0 Å². The van der Waals surface area contributed by atoms with Crippen LogP contribution in [0.5, 0.6) is 5.75 Å². The van der Waals surface area contributed by atoms with E-state index in [0.717, 1.165) is 0 Å². The van der Waals surface area contributed by atoms with Crippen molar-refractivity contribution in [1.29, 1.82) is 0 Å². The Morgan fingerprint density at radius 2 is 1.94 bits per heavy atom. The van der Waals surface area contributed by atoms with Crippen molar-refractivity contribution in [2.75, 3.05) is 0 Å². The number of Topliss-reactive ketones (excluding diaryl/α,β-unsaturated/α-hetero) is 1. The average molecular weight is 236 g/mol. The third-order valence-electron chi connectivity index (χ3n) is 2.70. The lowest BCUT2D eigenvalue weighted by molar-refractivity contribution is -0.133. The van der Waals surface area contributed by atoms with Crippen LogP contribution in [-0.2, 0) is 16.0 Å². The van der Waals surface area contributed by atoms with E-state index >= 15 is 0 Å². The van der Waals surface area contributed by atoms with Crippen LogP contribution < -0.4 is 11.5 Å². The zero-order chi connectivity index (χ0) is 13.1. The molecule has 0 aliphatic carbocycles. The number of hydrogen-bond acceptors (Lipinski definition) is 4. The van der Waals surface area contributed by atoms with E-state index < -0.39 is 17.2 Å². The van der Waals surface area contributed by atoms with Gasteiger partial charge in [0.2, 0.25) is 5.91 Å². The fourth-order valence-electron chi connectivity index (χ4n) is 1.37. The Morgan fingerprint density at radius 1 is 1.35 bits per heavy atom. The number of phenols is 1. The highest BCUT2D eigenvalue weighted by Crippen LogP contribution is 2.18. The van der Waals surface area contributed by atoms with E-state index in [2.05, 4.69) is 0 Å². The summed E-state index contributed by atoms with van der Waals surface area (Å²) in [6, 6.07) is 6.70. The van der Waals surface area contributed by atoms with E-state index in [4.69, 9.17) is 11.5 Å². The Labute approximate surface area is 99.4 Å². The largest absolute Gasteiger partial charge is 0.508 e. The molecule has 0 aromatic heterocycles. The monoisotopic (exact) mass is 236 g/mol. The first-order valence-corrected chi connectivity index (χ1v) is 5.24. The van der Waals surface area contributed by atoms with Crippen LogP contribution in [0, 0.1) is 0 Å². The van der Waals surface area contributed by atoms with Crippen LogP contribution in [0.4, 0.5) is 0 Å². The summed E-state index contributed by atoms with van der Waals surface area (Å²) in [5, 5.41) is 9.50. The van der Waals surface area contributed by atoms with Crippen molar-refractivity contribution in [3.63, 3.8) is 0 Å². The van der Waals surface area contributed by atoms with Crippen molar-refractivity contribution < 1.29 is 14.7 Å². The van der Waals surface area contributed by atoms with Crippen molar-refractivity contribution in [2.45, 2.75) is 25.3 Å². The predicted octanol–water partition coefficient (Wildman–Crippen LogP) is 0.0966. The Hall–Kier alpha value is -1.88. The number of amides is 1. The molecular formula is C12H16N2O3. The average Bonchev–Trinajstić information content (AvgIpc) is 2.27. The van der Waals surface area contributed by atoms with Crippen molar-refractivity contribution in [1.82, 2.24) is 0 Å². The highest BCUT2D eigenvalue weighted by atomic mass is 16.3. The number of phenolic OH excluding ortho intramolecular Hbond substituents is 1. The van der Waals surface area contributed by atoms with Gasteiger partial charge in [0.05, 0.1) is 0 Å². The van der Waals surface area contributed by atoms with E-state index in [-0.39, 0.29) is 12.2 Å². The van der Waals surface area contributed by atoms with E-state index in [0.29, 0.717) is 12.0 Å². The molecule has 1 atom stereocenters. The standard InChI is InChI=1S/C12H16N2O3/c1-12(14,11(13)17)10(16)7-6-8-4-2-3-5-9(8)15/h2-5,15H,6-7,14H2,1H3,(H2,13,17)/t12-/m1/s1. The Kier molecular flexibility index (Phi) is 3.85. The molecule has 1 rings (SSSR count). The van der Waals surface area contributed by atoms with Gasteiger partial charge in [-0.2, -0.15) is 0 Å². The Morgan fingerprint density at radius 3 is 2.47 bits per heavy atom. The van der Waals surface area contributed by atoms with Gasteiger partial charge in [0.25, 0.3) is 0 Å². The number of carbonyl (C=O) groups is 2. The van der Waals surface area contributed by atoms with Gasteiger partial charge in [-0.05, 0) is 25.0 Å². The SMILES string of the molecule is C[C@](N)(C(N)=O)C(=O)CCc1ccccc1O.